The number of carboxylic acid groups (broad SMARTS) is 1. The van der Waals surface area contributed by atoms with E-state index < -0.39 is 12.1 Å². The van der Waals surface area contributed by atoms with E-state index in [1.54, 1.807) is 18.2 Å². The average Bonchev–Trinajstić information content (AvgIpc) is 2.25. The van der Waals surface area contributed by atoms with Crippen LogP contribution in [-0.2, 0) is 16.0 Å². The smallest absolute Gasteiger partial charge is 0.333 e. The Kier molecular flexibility index (Phi) is 4.90. The Labute approximate surface area is 100 Å². The summed E-state index contributed by atoms with van der Waals surface area (Å²) in [7, 11) is 1.37. The van der Waals surface area contributed by atoms with E-state index in [1.807, 2.05) is 13.8 Å². The standard InChI is InChI=1S/C12H17NO4/c1-8(2)17-11-6-4-5-9(13-11)7-10(16-3)12(14)15/h4-6,8,10H,7H2,1-3H3,(H,14,15). The van der Waals surface area contributed by atoms with E-state index in [1.165, 1.54) is 7.11 Å². The van der Waals surface area contributed by atoms with Gasteiger partial charge < -0.3 is 14.6 Å². The quantitative estimate of drug-likeness (QED) is 0.815. The Morgan fingerprint density at radius 2 is 2.18 bits per heavy atom. The van der Waals surface area contributed by atoms with Crippen molar-refractivity contribution < 1.29 is 19.4 Å². The molecular weight excluding hydrogens is 222 g/mol. The molecule has 1 aromatic rings. The van der Waals surface area contributed by atoms with Crippen molar-refractivity contribution in [3.05, 3.63) is 23.9 Å². The van der Waals surface area contributed by atoms with Gasteiger partial charge >= 0.3 is 5.97 Å². The van der Waals surface area contributed by atoms with Gasteiger partial charge in [0.1, 0.15) is 0 Å². The van der Waals surface area contributed by atoms with Crippen LogP contribution in [0.2, 0.25) is 0 Å². The summed E-state index contributed by atoms with van der Waals surface area (Å²) in [5.74, 6) is -0.498. The third kappa shape index (κ3) is 4.40. The predicted octanol–water partition coefficient (Wildman–Crippen LogP) is 1.51. The first-order valence-corrected chi connectivity index (χ1v) is 5.41. The summed E-state index contributed by atoms with van der Waals surface area (Å²) in [5, 5.41) is 8.87. The van der Waals surface area contributed by atoms with Crippen molar-refractivity contribution in [3.8, 4) is 5.88 Å². The Hall–Kier alpha value is -1.62. The Balaban J connectivity index is 2.74. The number of carboxylic acids is 1. The van der Waals surface area contributed by atoms with Crippen LogP contribution in [0.4, 0.5) is 0 Å². The van der Waals surface area contributed by atoms with Crippen LogP contribution in [0.25, 0.3) is 0 Å². The number of ether oxygens (including phenoxy) is 2. The maximum absolute atomic E-state index is 10.8. The van der Waals surface area contributed by atoms with Gasteiger partial charge in [0.25, 0.3) is 0 Å². The molecule has 1 aromatic heterocycles. The number of hydrogen-bond acceptors (Lipinski definition) is 4. The number of rotatable bonds is 6. The highest BCUT2D eigenvalue weighted by Crippen LogP contribution is 2.11. The first kappa shape index (κ1) is 13.4. The lowest BCUT2D eigenvalue weighted by Gasteiger charge is -2.12. The normalized spacial score (nSPS) is 12.5. The fraction of sp³-hybridized carbons (Fsp3) is 0.500. The Bertz CT molecular complexity index is 379. The summed E-state index contributed by atoms with van der Waals surface area (Å²) in [4.78, 5) is 15.0. The molecule has 0 bridgehead atoms. The lowest BCUT2D eigenvalue weighted by Crippen LogP contribution is -2.25. The molecule has 0 fully saturated rings. The number of aliphatic carboxylic acids is 1. The van der Waals surface area contributed by atoms with Gasteiger partial charge in [-0.15, -0.1) is 0 Å². The molecule has 0 amide bonds. The lowest BCUT2D eigenvalue weighted by molar-refractivity contribution is -0.148. The van der Waals surface area contributed by atoms with E-state index in [9.17, 15) is 4.79 Å². The van der Waals surface area contributed by atoms with Crippen molar-refractivity contribution in [1.82, 2.24) is 4.98 Å². The van der Waals surface area contributed by atoms with Crippen LogP contribution in [0.1, 0.15) is 19.5 Å². The molecule has 5 heteroatoms. The van der Waals surface area contributed by atoms with E-state index in [2.05, 4.69) is 4.98 Å². The third-order valence-corrected chi connectivity index (χ3v) is 2.09. The first-order valence-electron chi connectivity index (χ1n) is 5.41. The van der Waals surface area contributed by atoms with Crippen molar-refractivity contribution in [2.24, 2.45) is 0 Å². The molecule has 1 rings (SSSR count). The van der Waals surface area contributed by atoms with Gasteiger partial charge in [-0.05, 0) is 19.9 Å². The van der Waals surface area contributed by atoms with E-state index in [-0.39, 0.29) is 12.5 Å². The second kappa shape index (κ2) is 6.20. The van der Waals surface area contributed by atoms with Gasteiger partial charge in [0.15, 0.2) is 6.10 Å². The van der Waals surface area contributed by atoms with Crippen LogP contribution in [0.3, 0.4) is 0 Å². The van der Waals surface area contributed by atoms with Gasteiger partial charge in [-0.25, -0.2) is 9.78 Å². The molecule has 0 saturated carbocycles. The van der Waals surface area contributed by atoms with Gasteiger partial charge in [0.2, 0.25) is 5.88 Å². The fourth-order valence-electron chi connectivity index (χ4n) is 1.34. The zero-order chi connectivity index (χ0) is 12.8. The van der Waals surface area contributed by atoms with Gasteiger partial charge in [0.05, 0.1) is 6.10 Å². The molecule has 1 heterocycles. The van der Waals surface area contributed by atoms with Crippen molar-refractivity contribution in [3.63, 3.8) is 0 Å². The van der Waals surface area contributed by atoms with Crippen LogP contribution in [-0.4, -0.2) is 35.4 Å². The topological polar surface area (TPSA) is 68.7 Å². The third-order valence-electron chi connectivity index (χ3n) is 2.09. The molecule has 1 N–H and O–H groups in total. The molecular formula is C12H17NO4. The van der Waals surface area contributed by atoms with Crippen LogP contribution in [0.5, 0.6) is 5.88 Å². The maximum Gasteiger partial charge on any atom is 0.333 e. The minimum Gasteiger partial charge on any atom is -0.479 e. The van der Waals surface area contributed by atoms with Gasteiger partial charge in [0, 0.05) is 25.3 Å². The molecule has 0 spiro atoms. The van der Waals surface area contributed by atoms with Crippen molar-refractivity contribution >= 4 is 5.97 Å². The minimum absolute atomic E-state index is 0.0374. The molecule has 1 unspecified atom stereocenters. The average molecular weight is 239 g/mol. The molecule has 0 saturated heterocycles. The number of hydrogen-bond donors (Lipinski definition) is 1. The summed E-state index contributed by atoms with van der Waals surface area (Å²) >= 11 is 0. The second-order valence-corrected chi connectivity index (χ2v) is 3.90. The van der Waals surface area contributed by atoms with Crippen molar-refractivity contribution in [2.75, 3.05) is 7.11 Å². The van der Waals surface area contributed by atoms with Gasteiger partial charge in [-0.3, -0.25) is 0 Å². The summed E-state index contributed by atoms with van der Waals surface area (Å²) in [6.07, 6.45) is -0.617. The summed E-state index contributed by atoms with van der Waals surface area (Å²) in [6.45, 7) is 3.81. The highest BCUT2D eigenvalue weighted by molar-refractivity contribution is 5.72. The minimum atomic E-state index is -0.996. The van der Waals surface area contributed by atoms with Gasteiger partial charge in [-0.2, -0.15) is 0 Å². The van der Waals surface area contributed by atoms with Crippen LogP contribution >= 0.6 is 0 Å². The van der Waals surface area contributed by atoms with Crippen molar-refractivity contribution in [1.29, 1.82) is 0 Å². The lowest BCUT2D eigenvalue weighted by atomic mass is 10.2. The summed E-state index contributed by atoms with van der Waals surface area (Å²) < 4.78 is 10.3. The first-order chi connectivity index (χ1) is 8.02. The highest BCUT2D eigenvalue weighted by atomic mass is 16.5. The number of methoxy groups -OCH3 is 1. The molecule has 5 nitrogen and oxygen atoms in total. The zero-order valence-corrected chi connectivity index (χ0v) is 10.2. The number of aromatic nitrogens is 1. The van der Waals surface area contributed by atoms with Crippen LogP contribution < -0.4 is 4.74 Å². The molecule has 0 aliphatic carbocycles. The molecule has 0 radical (unpaired) electrons. The monoisotopic (exact) mass is 239 g/mol. The molecule has 17 heavy (non-hydrogen) atoms. The highest BCUT2D eigenvalue weighted by Gasteiger charge is 2.17. The SMILES string of the molecule is COC(Cc1cccc(OC(C)C)n1)C(=O)O. The van der Waals surface area contributed by atoms with Crippen molar-refractivity contribution in [2.45, 2.75) is 32.5 Å². The Morgan fingerprint density at radius 3 is 2.71 bits per heavy atom. The van der Waals surface area contributed by atoms with Crippen LogP contribution in [0.15, 0.2) is 18.2 Å². The van der Waals surface area contributed by atoms with E-state index in [0.29, 0.717) is 11.6 Å². The second-order valence-electron chi connectivity index (χ2n) is 3.90. The molecule has 94 valence electrons. The molecule has 0 aliphatic heterocycles. The van der Waals surface area contributed by atoms with E-state index in [0.717, 1.165) is 0 Å². The number of nitrogens with zero attached hydrogens (tertiary/aromatic N) is 1. The fourth-order valence-corrected chi connectivity index (χ4v) is 1.34. The molecule has 0 aliphatic rings. The molecule has 0 aromatic carbocycles. The number of carbonyl (C=O) groups is 1. The molecule has 1 atom stereocenters. The predicted molar refractivity (Wildman–Crippen MR) is 62.1 cm³/mol. The van der Waals surface area contributed by atoms with E-state index in [4.69, 9.17) is 14.6 Å². The summed E-state index contributed by atoms with van der Waals surface area (Å²) in [6, 6.07) is 5.28. The summed E-state index contributed by atoms with van der Waals surface area (Å²) in [5.41, 5.74) is 0.636. The van der Waals surface area contributed by atoms with Crippen LogP contribution in [0, 0.1) is 0 Å². The largest absolute Gasteiger partial charge is 0.479 e. The number of pyridine rings is 1. The van der Waals surface area contributed by atoms with E-state index >= 15 is 0 Å². The van der Waals surface area contributed by atoms with Gasteiger partial charge in [-0.1, -0.05) is 6.07 Å². The Morgan fingerprint density at radius 1 is 1.47 bits per heavy atom. The zero-order valence-electron chi connectivity index (χ0n) is 10.2. The maximum atomic E-state index is 10.8.